The highest BCUT2D eigenvalue weighted by Gasteiger charge is 2.26. The Morgan fingerprint density at radius 3 is 0.969 bits per heavy atom. The Kier molecular flexibility index (Phi) is 18.4. The molecule has 6 nitrogen and oxygen atoms in total. The molecule has 0 saturated carbocycles. The summed E-state index contributed by atoms with van der Waals surface area (Å²) in [6, 6.07) is 163. The minimum Gasteiger partial charge on any atom is -0.456 e. The lowest BCUT2D eigenvalue weighted by Crippen LogP contribution is -2.10. The third kappa shape index (κ3) is 13.1. The number of hydrogen-bond acceptors (Lipinski definition) is 9. The Morgan fingerprint density at radius 1 is 0.163 bits per heavy atom. The van der Waals surface area contributed by atoms with Crippen LogP contribution in [0.25, 0.3) is 192 Å². The van der Waals surface area contributed by atoms with Crippen molar-refractivity contribution in [2.45, 2.75) is 0 Å². The van der Waals surface area contributed by atoms with Gasteiger partial charge in [-0.1, -0.05) is 322 Å². The molecule has 21 aromatic carbocycles. The van der Waals surface area contributed by atoms with E-state index in [-0.39, 0.29) is 0 Å². The van der Waals surface area contributed by atoms with Gasteiger partial charge in [-0.2, -0.15) is 0 Å². The number of fused-ring (bicyclic) bond motifs is 21. The monoisotopic (exact) mass is 1700 g/mol. The molecular formula is C120H75N3O3S3. The number of anilines is 9. The molecule has 0 saturated heterocycles. The number of thiophene rings is 3. The summed E-state index contributed by atoms with van der Waals surface area (Å²) in [6.07, 6.45) is 0. The molecule has 27 rings (SSSR count). The molecule has 27 aromatic rings. The molecular weight excluding hydrogens is 1630 g/mol. The van der Waals surface area contributed by atoms with Gasteiger partial charge in [0.05, 0.1) is 22.7 Å². The average Bonchev–Trinajstić information content (AvgIpc) is 1.04. The second-order valence-electron chi connectivity index (χ2n) is 32.8. The molecule has 6 heterocycles. The lowest BCUT2D eigenvalue weighted by molar-refractivity contribution is 0.668. The SMILES string of the molecule is c1ccc2c(N(c3ccc(-c4cccc5c4oc4ccccc45)cc3)c3cccc4c3oc3ccccc34)cccc2c1.c1ccc2c(N(c3ccc(-c4cccc5c4sc4ccccc45)cc3)c3ccc4oc5ccccc5c4c3)cccc2c1.c1ccc2c(N(c3ccc(-c4cccc5c4sc4ccccc45)cc3)c3ccc4sc5ccccc5c4c3)cccc2c1. The Bertz CT molecular complexity index is 8680. The maximum Gasteiger partial charge on any atom is 0.159 e. The topological polar surface area (TPSA) is 49.1 Å². The van der Waals surface area contributed by atoms with Crippen LogP contribution in [0.4, 0.5) is 51.2 Å². The molecule has 606 valence electrons. The number of benzene rings is 21. The summed E-state index contributed by atoms with van der Waals surface area (Å²) >= 11 is 5.61. The van der Waals surface area contributed by atoms with Gasteiger partial charge in [0.1, 0.15) is 27.9 Å². The van der Waals surface area contributed by atoms with E-state index in [0.29, 0.717) is 0 Å². The van der Waals surface area contributed by atoms with Crippen LogP contribution >= 0.6 is 34.0 Å². The first-order valence-corrected chi connectivity index (χ1v) is 46.0. The van der Waals surface area contributed by atoms with Gasteiger partial charge in [0.2, 0.25) is 0 Å². The largest absolute Gasteiger partial charge is 0.456 e. The van der Waals surface area contributed by atoms with E-state index in [9.17, 15) is 0 Å². The number of rotatable bonds is 12. The van der Waals surface area contributed by atoms with Crippen LogP contribution in [0, 0.1) is 0 Å². The van der Waals surface area contributed by atoms with E-state index in [1.165, 1.54) is 121 Å². The van der Waals surface area contributed by atoms with Gasteiger partial charge in [0.25, 0.3) is 0 Å². The zero-order valence-electron chi connectivity index (χ0n) is 69.6. The summed E-state index contributed by atoms with van der Waals surface area (Å²) in [5.41, 5.74) is 22.5. The Balaban J connectivity index is 0.000000105. The maximum atomic E-state index is 6.54. The lowest BCUT2D eigenvalue weighted by atomic mass is 10.0. The van der Waals surface area contributed by atoms with Crippen molar-refractivity contribution in [1.82, 2.24) is 0 Å². The van der Waals surface area contributed by atoms with Crippen molar-refractivity contribution < 1.29 is 13.3 Å². The Morgan fingerprint density at radius 2 is 0.465 bits per heavy atom. The first-order valence-electron chi connectivity index (χ1n) is 43.6. The van der Waals surface area contributed by atoms with E-state index in [1.807, 2.05) is 70.4 Å². The van der Waals surface area contributed by atoms with Crippen LogP contribution in [0.3, 0.4) is 0 Å². The van der Waals surface area contributed by atoms with E-state index < -0.39 is 0 Å². The van der Waals surface area contributed by atoms with Gasteiger partial charge in [0.15, 0.2) is 5.58 Å². The minimum atomic E-state index is 0.868. The fourth-order valence-corrected chi connectivity index (χ4v) is 22.9. The molecule has 0 fully saturated rings. The van der Waals surface area contributed by atoms with Crippen molar-refractivity contribution in [3.63, 3.8) is 0 Å². The fourth-order valence-electron chi connectivity index (χ4n) is 19.4. The van der Waals surface area contributed by atoms with Gasteiger partial charge >= 0.3 is 0 Å². The molecule has 0 amide bonds. The van der Waals surface area contributed by atoms with Crippen molar-refractivity contribution in [2.75, 3.05) is 14.7 Å². The number of para-hydroxylation sites is 5. The number of nitrogens with zero attached hydrogens (tertiary/aromatic N) is 3. The summed E-state index contributed by atoms with van der Waals surface area (Å²) in [5, 5.41) is 21.9. The first-order chi connectivity index (χ1) is 64.0. The van der Waals surface area contributed by atoms with Gasteiger partial charge in [0, 0.05) is 143 Å². The highest BCUT2D eigenvalue weighted by atomic mass is 32.1. The molecule has 0 aliphatic carbocycles. The molecule has 129 heavy (non-hydrogen) atoms. The van der Waals surface area contributed by atoms with E-state index in [2.05, 4.69) is 433 Å². The number of furan rings is 3. The molecule has 6 aromatic heterocycles. The van der Waals surface area contributed by atoms with E-state index in [0.717, 1.165) is 122 Å². The summed E-state index contributed by atoms with van der Waals surface area (Å²) in [6.45, 7) is 0. The molecule has 9 heteroatoms. The van der Waals surface area contributed by atoms with Gasteiger partial charge in [-0.15, -0.1) is 34.0 Å². The van der Waals surface area contributed by atoms with Crippen molar-refractivity contribution in [3.05, 3.63) is 455 Å². The molecule has 0 N–H and O–H groups in total. The van der Waals surface area contributed by atoms with Gasteiger partial charge in [-0.25, -0.2) is 0 Å². The highest BCUT2D eigenvalue weighted by Crippen LogP contribution is 2.51. The average molecular weight is 1700 g/mol. The summed E-state index contributed by atoms with van der Waals surface area (Å²) in [5.74, 6) is 0. The van der Waals surface area contributed by atoms with Crippen LogP contribution in [0.2, 0.25) is 0 Å². The van der Waals surface area contributed by atoms with E-state index in [1.54, 1.807) is 0 Å². The Labute approximate surface area is 754 Å². The van der Waals surface area contributed by atoms with Crippen LogP contribution in [0.1, 0.15) is 0 Å². The van der Waals surface area contributed by atoms with Gasteiger partial charge in [-0.05, 0) is 177 Å². The van der Waals surface area contributed by atoms with Crippen LogP contribution in [-0.2, 0) is 0 Å². The van der Waals surface area contributed by atoms with Crippen LogP contribution in [-0.4, -0.2) is 0 Å². The van der Waals surface area contributed by atoms with Crippen LogP contribution < -0.4 is 14.7 Å². The summed E-state index contributed by atoms with van der Waals surface area (Å²) in [7, 11) is 0. The zero-order chi connectivity index (χ0) is 85.0. The fraction of sp³-hybridized carbons (Fsp3) is 0. The van der Waals surface area contributed by atoms with Gasteiger partial charge < -0.3 is 28.0 Å². The zero-order valence-corrected chi connectivity index (χ0v) is 72.0. The van der Waals surface area contributed by atoms with Gasteiger partial charge in [-0.3, -0.25) is 0 Å². The maximum absolute atomic E-state index is 6.54. The number of hydrogen-bond donors (Lipinski definition) is 0. The second-order valence-corrected chi connectivity index (χ2v) is 36.0. The molecule has 0 spiro atoms. The standard InChI is InChI=1S/C40H25NO2.C40H25NOS.C40H25NS2/c1-2-12-29-26(10-1)11-7-18-35(29)41(36-19-9-17-34-32-14-4-6-21-38(32)43-40(34)36)28-24-22-27(23-25-28)30-15-8-16-33-31-13-3-5-20-37(31)42-39(30)33;1-2-11-30-26(9-1)10-7-16-36(30)41(29-23-24-38-35(25-29)32-12-3-5-17-37(32)42-38)28-21-19-27(20-22-28)31-14-8-15-34-33-13-4-6-18-39(33)43-40(31)34;1-2-11-30-26(9-1)10-7-16-36(30)41(29-23-24-39-35(25-29)33-13-4-5-17-37(33)42-39)28-21-19-27(20-22-28)31-14-8-15-34-32-12-3-6-18-38(32)43-40(31)34/h3*1-25H. The van der Waals surface area contributed by atoms with Crippen molar-refractivity contribution >= 4 is 244 Å². The van der Waals surface area contributed by atoms with Crippen molar-refractivity contribution in [3.8, 4) is 33.4 Å². The predicted molar refractivity (Wildman–Crippen MR) is 553 cm³/mol. The van der Waals surface area contributed by atoms with Crippen molar-refractivity contribution in [1.29, 1.82) is 0 Å². The quantitative estimate of drug-likeness (QED) is 0.121. The molecule has 0 aliphatic heterocycles. The van der Waals surface area contributed by atoms with E-state index >= 15 is 0 Å². The smallest absolute Gasteiger partial charge is 0.159 e. The van der Waals surface area contributed by atoms with E-state index in [4.69, 9.17) is 13.3 Å². The lowest BCUT2D eigenvalue weighted by Gasteiger charge is -2.27. The minimum absolute atomic E-state index is 0.868. The summed E-state index contributed by atoms with van der Waals surface area (Å²) < 4.78 is 27.0. The van der Waals surface area contributed by atoms with Crippen LogP contribution in [0.15, 0.2) is 468 Å². The molecule has 0 bridgehead atoms. The summed E-state index contributed by atoms with van der Waals surface area (Å²) in [4.78, 5) is 7.10. The van der Waals surface area contributed by atoms with Crippen molar-refractivity contribution in [2.24, 2.45) is 0 Å². The second kappa shape index (κ2) is 31.5. The molecule has 0 radical (unpaired) electrons. The molecule has 0 unspecified atom stereocenters. The molecule has 0 atom stereocenters. The van der Waals surface area contributed by atoms with Crippen LogP contribution in [0.5, 0.6) is 0 Å². The highest BCUT2D eigenvalue weighted by molar-refractivity contribution is 7.27. The normalized spacial score (nSPS) is 11.7. The molecule has 0 aliphatic rings. The third-order valence-electron chi connectivity index (χ3n) is 25.4. The third-order valence-corrected chi connectivity index (χ3v) is 29.0. The first kappa shape index (κ1) is 75.4. The Hall–Kier alpha value is -16.1. The predicted octanol–water partition coefficient (Wildman–Crippen LogP) is 36.7.